The van der Waals surface area contributed by atoms with Crippen LogP contribution in [0.1, 0.15) is 43.4 Å². The van der Waals surface area contributed by atoms with E-state index < -0.39 is 0 Å². The molecule has 152 valence electrons. The van der Waals surface area contributed by atoms with Gasteiger partial charge in [0.25, 0.3) is 5.56 Å². The number of aromatic nitrogens is 2. The van der Waals surface area contributed by atoms with Crippen LogP contribution < -0.4 is 5.56 Å². The lowest BCUT2D eigenvalue weighted by molar-refractivity contribution is -0.131. The van der Waals surface area contributed by atoms with Crippen molar-refractivity contribution in [3.8, 4) is 11.3 Å². The van der Waals surface area contributed by atoms with Gasteiger partial charge in [-0.2, -0.15) is 0 Å². The SMILES string of the molecule is CC(=O)N1C[C@@H]2C[C@H](C1)c1cc(-c3ccc(CN4CCCC4)cn3)cc(=O)n1C2. The van der Waals surface area contributed by atoms with Crippen LogP contribution in [0, 0.1) is 5.92 Å². The molecule has 2 saturated heterocycles. The lowest BCUT2D eigenvalue weighted by Crippen LogP contribution is -2.48. The van der Waals surface area contributed by atoms with Gasteiger partial charge in [-0.05, 0) is 56.0 Å². The Hall–Kier alpha value is -2.47. The molecule has 2 aromatic rings. The van der Waals surface area contributed by atoms with Crippen molar-refractivity contribution in [2.24, 2.45) is 5.92 Å². The second-order valence-electron chi connectivity index (χ2n) is 8.88. The van der Waals surface area contributed by atoms with Crippen molar-refractivity contribution >= 4 is 5.91 Å². The highest BCUT2D eigenvalue weighted by Gasteiger charge is 2.35. The largest absolute Gasteiger partial charge is 0.342 e. The van der Waals surface area contributed by atoms with Gasteiger partial charge in [-0.15, -0.1) is 0 Å². The van der Waals surface area contributed by atoms with E-state index in [1.807, 2.05) is 21.7 Å². The minimum atomic E-state index is 0.0476. The first-order valence-electron chi connectivity index (χ1n) is 10.7. The standard InChI is InChI=1S/C23H28N4O2/c1-16(28)26-13-18-8-20(15-26)22-9-19(10-23(29)27(22)14-18)21-5-4-17(11-24-21)12-25-6-2-3-7-25/h4-5,9-11,18,20H,2-3,6-8,12-15H2,1H3/t18-,20+/m0/s1. The number of hydrogen-bond donors (Lipinski definition) is 0. The number of pyridine rings is 2. The lowest BCUT2D eigenvalue weighted by Gasteiger charge is -2.42. The van der Waals surface area contributed by atoms with Crippen molar-refractivity contribution in [3.05, 3.63) is 52.1 Å². The van der Waals surface area contributed by atoms with E-state index in [9.17, 15) is 9.59 Å². The molecule has 5 heterocycles. The molecule has 2 bridgehead atoms. The summed E-state index contributed by atoms with van der Waals surface area (Å²) < 4.78 is 1.92. The minimum Gasteiger partial charge on any atom is -0.342 e. The Bertz CT molecular complexity index is 975. The number of nitrogens with zero attached hydrogens (tertiary/aromatic N) is 4. The molecule has 29 heavy (non-hydrogen) atoms. The van der Waals surface area contributed by atoms with Gasteiger partial charge < -0.3 is 9.47 Å². The first kappa shape index (κ1) is 18.6. The maximum absolute atomic E-state index is 12.8. The smallest absolute Gasteiger partial charge is 0.251 e. The van der Waals surface area contributed by atoms with Crippen LogP contribution in [0.15, 0.2) is 35.3 Å². The molecule has 3 aliphatic heterocycles. The summed E-state index contributed by atoms with van der Waals surface area (Å²) in [7, 11) is 0. The van der Waals surface area contributed by atoms with Gasteiger partial charge in [0.2, 0.25) is 5.91 Å². The van der Waals surface area contributed by atoms with Crippen molar-refractivity contribution in [2.75, 3.05) is 26.2 Å². The van der Waals surface area contributed by atoms with Crippen LogP contribution in [-0.2, 0) is 17.9 Å². The minimum absolute atomic E-state index is 0.0476. The van der Waals surface area contributed by atoms with Crippen molar-refractivity contribution in [2.45, 2.75) is 45.2 Å². The Morgan fingerprint density at radius 2 is 1.97 bits per heavy atom. The fourth-order valence-electron chi connectivity index (χ4n) is 5.25. The molecule has 0 aliphatic carbocycles. The zero-order valence-electron chi connectivity index (χ0n) is 17.0. The monoisotopic (exact) mass is 392 g/mol. The van der Waals surface area contributed by atoms with Gasteiger partial charge in [-0.25, -0.2) is 0 Å². The van der Waals surface area contributed by atoms with Crippen LogP contribution in [0.2, 0.25) is 0 Å². The van der Waals surface area contributed by atoms with Gasteiger partial charge in [0, 0.05) is 62.5 Å². The fourth-order valence-corrected chi connectivity index (χ4v) is 5.25. The number of carbonyl (C=O) groups is 1. The van der Waals surface area contributed by atoms with Crippen molar-refractivity contribution in [1.82, 2.24) is 19.4 Å². The van der Waals surface area contributed by atoms with Gasteiger partial charge in [0.05, 0.1) is 5.69 Å². The summed E-state index contributed by atoms with van der Waals surface area (Å²) in [6.45, 7) is 7.10. The highest BCUT2D eigenvalue weighted by atomic mass is 16.2. The molecular formula is C23H28N4O2. The summed E-state index contributed by atoms with van der Waals surface area (Å²) in [6, 6.07) is 8.00. The maximum atomic E-state index is 12.8. The summed E-state index contributed by atoms with van der Waals surface area (Å²) in [4.78, 5) is 33.8. The Morgan fingerprint density at radius 3 is 2.69 bits per heavy atom. The number of piperidine rings is 1. The number of carbonyl (C=O) groups excluding carboxylic acids is 1. The molecule has 0 spiro atoms. The third-order valence-corrected chi connectivity index (χ3v) is 6.73. The molecule has 6 nitrogen and oxygen atoms in total. The number of amides is 1. The molecule has 0 radical (unpaired) electrons. The van der Waals surface area contributed by atoms with Crippen LogP contribution >= 0.6 is 0 Å². The summed E-state index contributed by atoms with van der Waals surface area (Å²) in [5.74, 6) is 0.729. The Balaban J connectivity index is 1.42. The van der Waals surface area contributed by atoms with E-state index in [0.29, 0.717) is 19.0 Å². The van der Waals surface area contributed by atoms with Gasteiger partial charge in [0.15, 0.2) is 0 Å². The average molecular weight is 393 g/mol. The Morgan fingerprint density at radius 1 is 1.14 bits per heavy atom. The number of hydrogen-bond acceptors (Lipinski definition) is 4. The normalized spacial score (nSPS) is 23.8. The van der Waals surface area contributed by atoms with Crippen molar-refractivity contribution in [1.29, 1.82) is 0 Å². The van der Waals surface area contributed by atoms with E-state index in [4.69, 9.17) is 0 Å². The molecule has 0 unspecified atom stereocenters. The summed E-state index contributed by atoms with van der Waals surface area (Å²) in [5.41, 5.74) is 4.05. The molecule has 6 heteroatoms. The molecular weight excluding hydrogens is 364 g/mol. The van der Waals surface area contributed by atoms with Crippen LogP contribution in [0.4, 0.5) is 0 Å². The summed E-state index contributed by atoms with van der Waals surface area (Å²) in [6.07, 6.45) is 5.56. The van der Waals surface area contributed by atoms with Crippen LogP contribution in [0.25, 0.3) is 11.3 Å². The first-order valence-corrected chi connectivity index (χ1v) is 10.7. The highest BCUT2D eigenvalue weighted by Crippen LogP contribution is 2.36. The molecule has 2 aromatic heterocycles. The average Bonchev–Trinajstić information content (AvgIpc) is 3.22. The van der Waals surface area contributed by atoms with Gasteiger partial charge in [0.1, 0.15) is 0 Å². The van der Waals surface area contributed by atoms with E-state index in [-0.39, 0.29) is 17.4 Å². The van der Waals surface area contributed by atoms with Crippen LogP contribution in [-0.4, -0.2) is 51.4 Å². The topological polar surface area (TPSA) is 58.4 Å². The third kappa shape index (κ3) is 3.62. The fraction of sp³-hybridized carbons (Fsp3) is 0.522. The van der Waals surface area contributed by atoms with E-state index in [1.54, 1.807) is 13.0 Å². The molecule has 0 N–H and O–H groups in total. The number of likely N-dealkylation sites (tertiary alicyclic amines) is 2. The summed E-state index contributed by atoms with van der Waals surface area (Å²) >= 11 is 0. The van der Waals surface area contributed by atoms with Crippen molar-refractivity contribution < 1.29 is 4.79 Å². The summed E-state index contributed by atoms with van der Waals surface area (Å²) in [5, 5.41) is 0. The van der Waals surface area contributed by atoms with Crippen LogP contribution in [0.5, 0.6) is 0 Å². The predicted molar refractivity (Wildman–Crippen MR) is 112 cm³/mol. The first-order chi connectivity index (χ1) is 14.1. The molecule has 0 aromatic carbocycles. The van der Waals surface area contributed by atoms with E-state index in [2.05, 4.69) is 22.0 Å². The second kappa shape index (κ2) is 7.41. The Labute approximate surface area is 171 Å². The predicted octanol–water partition coefficient (Wildman–Crippen LogP) is 2.47. The lowest BCUT2D eigenvalue weighted by atomic mass is 9.82. The molecule has 2 fully saturated rings. The van der Waals surface area contributed by atoms with E-state index >= 15 is 0 Å². The number of fused-ring (bicyclic) bond motifs is 4. The second-order valence-corrected chi connectivity index (χ2v) is 8.88. The van der Waals surface area contributed by atoms with Gasteiger partial charge >= 0.3 is 0 Å². The Kier molecular flexibility index (Phi) is 4.74. The molecule has 3 aliphatic rings. The zero-order chi connectivity index (χ0) is 20.0. The quantitative estimate of drug-likeness (QED) is 0.805. The zero-order valence-corrected chi connectivity index (χ0v) is 17.0. The maximum Gasteiger partial charge on any atom is 0.251 e. The van der Waals surface area contributed by atoms with Crippen LogP contribution in [0.3, 0.4) is 0 Å². The van der Waals surface area contributed by atoms with E-state index in [1.165, 1.54) is 31.5 Å². The molecule has 0 saturated carbocycles. The van der Waals surface area contributed by atoms with Crippen molar-refractivity contribution in [3.63, 3.8) is 0 Å². The van der Waals surface area contributed by atoms with Gasteiger partial charge in [-0.1, -0.05) is 6.07 Å². The third-order valence-electron chi connectivity index (χ3n) is 6.73. The number of rotatable bonds is 3. The molecule has 2 atom stereocenters. The van der Waals surface area contributed by atoms with E-state index in [0.717, 1.165) is 36.5 Å². The highest BCUT2D eigenvalue weighted by molar-refractivity contribution is 5.73. The molecule has 5 rings (SSSR count). The van der Waals surface area contributed by atoms with Gasteiger partial charge in [-0.3, -0.25) is 19.5 Å². The molecule has 1 amide bonds.